The van der Waals surface area contributed by atoms with Gasteiger partial charge in [0.2, 0.25) is 0 Å². The molecule has 0 unspecified atom stereocenters. The van der Waals surface area contributed by atoms with Gasteiger partial charge in [0.05, 0.1) is 56.6 Å². The molecule has 0 saturated carbocycles. The molecule has 8 aromatic carbocycles. The van der Waals surface area contributed by atoms with Gasteiger partial charge in [0.15, 0.2) is 5.69 Å². The Bertz CT molecular complexity index is 3420. The van der Waals surface area contributed by atoms with Crippen LogP contribution >= 0.6 is 0 Å². The molecule has 0 spiro atoms. The molecule has 0 fully saturated rings. The molecule has 5 heteroatoms. The van der Waals surface area contributed by atoms with Crippen LogP contribution in [0.1, 0.15) is 5.56 Å². The van der Waals surface area contributed by atoms with Gasteiger partial charge in [-0.3, -0.25) is 0 Å². The highest BCUT2D eigenvalue weighted by Crippen LogP contribution is 2.41. The summed E-state index contributed by atoms with van der Waals surface area (Å²) < 4.78 is 6.90. The first-order chi connectivity index (χ1) is 27.2. The highest BCUT2D eigenvalue weighted by Gasteiger charge is 2.21. The quantitative estimate of drug-likeness (QED) is 0.169. The summed E-state index contributed by atoms with van der Waals surface area (Å²) in [4.78, 5) is 3.69. The Morgan fingerprint density at radius 3 is 1.64 bits per heavy atom. The van der Waals surface area contributed by atoms with Crippen molar-refractivity contribution in [3.63, 3.8) is 0 Å². The summed E-state index contributed by atoms with van der Waals surface area (Å²) in [7, 11) is 0. The van der Waals surface area contributed by atoms with Crippen molar-refractivity contribution in [3.8, 4) is 34.3 Å². The van der Waals surface area contributed by atoms with E-state index in [0.29, 0.717) is 11.3 Å². The minimum atomic E-state index is 0.589. The van der Waals surface area contributed by atoms with Crippen LogP contribution in [0.5, 0.6) is 0 Å². The zero-order valence-corrected chi connectivity index (χ0v) is 29.5. The molecule has 0 aliphatic rings. The molecule has 0 saturated heterocycles. The van der Waals surface area contributed by atoms with Crippen LogP contribution in [-0.4, -0.2) is 13.7 Å². The van der Waals surface area contributed by atoms with Crippen molar-refractivity contribution in [1.82, 2.24) is 13.7 Å². The predicted octanol–water partition coefficient (Wildman–Crippen LogP) is 13.1. The van der Waals surface area contributed by atoms with Gasteiger partial charge in [0.25, 0.3) is 0 Å². The summed E-state index contributed by atoms with van der Waals surface area (Å²) >= 11 is 0. The van der Waals surface area contributed by atoms with Crippen LogP contribution in [0.25, 0.3) is 98.5 Å². The van der Waals surface area contributed by atoms with E-state index >= 15 is 0 Å². The Balaban J connectivity index is 1.12. The lowest BCUT2D eigenvalue weighted by Crippen LogP contribution is -2.02. The van der Waals surface area contributed by atoms with Gasteiger partial charge in [-0.15, -0.1) is 0 Å². The summed E-state index contributed by atoms with van der Waals surface area (Å²) in [5.41, 5.74) is 12.6. The van der Waals surface area contributed by atoms with Crippen molar-refractivity contribution in [3.05, 3.63) is 193 Å². The average molecular weight is 700 g/mol. The molecule has 5 nitrogen and oxygen atoms in total. The van der Waals surface area contributed by atoms with E-state index < -0.39 is 0 Å². The second-order valence-electron chi connectivity index (χ2n) is 14.0. The van der Waals surface area contributed by atoms with E-state index in [9.17, 15) is 5.26 Å². The van der Waals surface area contributed by atoms with Crippen LogP contribution in [0, 0.1) is 17.9 Å². The van der Waals surface area contributed by atoms with E-state index in [0.717, 1.165) is 82.8 Å². The highest BCUT2D eigenvalue weighted by atomic mass is 15.1. The number of hydrogen-bond donors (Lipinski definition) is 0. The highest BCUT2D eigenvalue weighted by molar-refractivity contribution is 6.15. The lowest BCUT2D eigenvalue weighted by molar-refractivity contribution is 1.12. The van der Waals surface area contributed by atoms with Gasteiger partial charge in [-0.05, 0) is 83.2 Å². The van der Waals surface area contributed by atoms with Crippen LogP contribution in [0.4, 0.5) is 5.69 Å². The van der Waals surface area contributed by atoms with Gasteiger partial charge < -0.3 is 13.7 Å². The molecule has 3 aromatic heterocycles. The minimum absolute atomic E-state index is 0.589. The van der Waals surface area contributed by atoms with Gasteiger partial charge in [0.1, 0.15) is 6.07 Å². The summed E-state index contributed by atoms with van der Waals surface area (Å²) in [6.07, 6.45) is 0. The van der Waals surface area contributed by atoms with Gasteiger partial charge >= 0.3 is 0 Å². The van der Waals surface area contributed by atoms with Crippen molar-refractivity contribution in [2.75, 3.05) is 0 Å². The first-order valence-electron chi connectivity index (χ1n) is 18.3. The first kappa shape index (κ1) is 30.7. The standard InChI is InChI=1S/C50H29N5/c1-52-35-25-27-48-42(30-35)40-17-5-6-19-44(40)53(48)36-13-10-12-32(29-36)33-24-26-43(34(28-33)31-51)55-47-22-9-4-16-39(47)41-18-11-23-49(50(41)55)54-45-20-7-2-14-37(45)38-15-3-8-21-46(38)54/h2-30H. The zero-order chi connectivity index (χ0) is 36.6. The van der Waals surface area contributed by atoms with Gasteiger partial charge in [0, 0.05) is 32.6 Å². The van der Waals surface area contributed by atoms with E-state index in [1.165, 1.54) is 10.8 Å². The molecular formula is C50H29N5. The number of nitriles is 1. The number of hydrogen-bond acceptors (Lipinski definition) is 1. The smallest absolute Gasteiger partial charge is 0.188 e. The largest absolute Gasteiger partial charge is 0.309 e. The molecule has 0 radical (unpaired) electrons. The Kier molecular flexibility index (Phi) is 6.61. The number of rotatable bonds is 4. The SMILES string of the molecule is [C-]#[N+]c1ccc2c(c1)c1ccccc1n2-c1cccc(-c2ccc(-n3c4ccccc4c4cccc(-n5c6ccccc6c6ccccc65)c43)c(C#N)c2)c1. The predicted molar refractivity (Wildman–Crippen MR) is 226 cm³/mol. The van der Waals surface area contributed by atoms with E-state index in [2.05, 4.69) is 170 Å². The van der Waals surface area contributed by atoms with E-state index in [1.807, 2.05) is 30.3 Å². The molecule has 254 valence electrons. The third kappa shape index (κ3) is 4.45. The fourth-order valence-electron chi connectivity index (χ4n) is 8.75. The Morgan fingerprint density at radius 2 is 0.964 bits per heavy atom. The molecule has 11 rings (SSSR count). The summed E-state index contributed by atoms with van der Waals surface area (Å²) in [5, 5.41) is 17.7. The molecule has 55 heavy (non-hydrogen) atoms. The van der Waals surface area contributed by atoms with Crippen molar-refractivity contribution in [1.29, 1.82) is 5.26 Å². The Hall–Kier alpha value is -7.86. The average Bonchev–Trinajstić information content (AvgIpc) is 3.89. The zero-order valence-electron chi connectivity index (χ0n) is 29.5. The second-order valence-corrected chi connectivity index (χ2v) is 14.0. The van der Waals surface area contributed by atoms with Gasteiger partial charge in [-0.2, -0.15) is 5.26 Å². The maximum Gasteiger partial charge on any atom is 0.188 e. The molecule has 0 N–H and O–H groups in total. The van der Waals surface area contributed by atoms with Crippen LogP contribution in [-0.2, 0) is 0 Å². The molecule has 11 aromatic rings. The maximum atomic E-state index is 10.9. The number of nitrogens with zero attached hydrogens (tertiary/aromatic N) is 5. The lowest BCUT2D eigenvalue weighted by atomic mass is 10.0. The molecule has 0 aliphatic carbocycles. The maximum absolute atomic E-state index is 10.9. The number of aromatic nitrogens is 3. The molecule has 0 bridgehead atoms. The van der Waals surface area contributed by atoms with Crippen molar-refractivity contribution in [2.45, 2.75) is 0 Å². The van der Waals surface area contributed by atoms with Gasteiger partial charge in [-0.1, -0.05) is 109 Å². The monoisotopic (exact) mass is 699 g/mol. The molecular weight excluding hydrogens is 671 g/mol. The van der Waals surface area contributed by atoms with Crippen LogP contribution in [0.3, 0.4) is 0 Å². The van der Waals surface area contributed by atoms with Crippen LogP contribution < -0.4 is 0 Å². The van der Waals surface area contributed by atoms with E-state index in [4.69, 9.17) is 6.57 Å². The minimum Gasteiger partial charge on any atom is -0.309 e. The number of fused-ring (bicyclic) bond motifs is 9. The fourth-order valence-corrected chi connectivity index (χ4v) is 8.75. The third-order valence-corrected chi connectivity index (χ3v) is 11.1. The van der Waals surface area contributed by atoms with E-state index in [1.54, 1.807) is 0 Å². The molecule has 0 amide bonds. The Labute approximate surface area is 316 Å². The van der Waals surface area contributed by atoms with E-state index in [-0.39, 0.29) is 0 Å². The molecule has 0 atom stereocenters. The number of para-hydroxylation sites is 5. The van der Waals surface area contributed by atoms with Gasteiger partial charge in [-0.25, -0.2) is 4.85 Å². The van der Waals surface area contributed by atoms with Crippen molar-refractivity contribution in [2.24, 2.45) is 0 Å². The fraction of sp³-hybridized carbons (Fsp3) is 0. The molecule has 3 heterocycles. The van der Waals surface area contributed by atoms with Crippen molar-refractivity contribution < 1.29 is 0 Å². The normalized spacial score (nSPS) is 11.6. The second kappa shape index (κ2) is 11.8. The first-order valence-corrected chi connectivity index (χ1v) is 18.3. The van der Waals surface area contributed by atoms with Crippen LogP contribution in [0.15, 0.2) is 176 Å². The third-order valence-electron chi connectivity index (χ3n) is 11.1. The summed E-state index contributed by atoms with van der Waals surface area (Å²) in [5.74, 6) is 0. The summed E-state index contributed by atoms with van der Waals surface area (Å²) in [6, 6.07) is 63.7. The molecule has 0 aliphatic heterocycles. The van der Waals surface area contributed by atoms with Crippen LogP contribution in [0.2, 0.25) is 0 Å². The summed E-state index contributed by atoms with van der Waals surface area (Å²) in [6.45, 7) is 7.59. The Morgan fingerprint density at radius 1 is 0.418 bits per heavy atom. The number of benzene rings is 8. The lowest BCUT2D eigenvalue weighted by Gasteiger charge is -2.16. The van der Waals surface area contributed by atoms with Crippen molar-refractivity contribution >= 4 is 71.1 Å². The topological polar surface area (TPSA) is 42.9 Å².